The van der Waals surface area contributed by atoms with Crippen LogP contribution in [-0.2, 0) is 22.3 Å². The van der Waals surface area contributed by atoms with Crippen LogP contribution >= 0.6 is 0 Å². The molecule has 3 rings (SSSR count). The Morgan fingerprint density at radius 3 is 2.66 bits per heavy atom. The van der Waals surface area contributed by atoms with E-state index in [2.05, 4.69) is 15.3 Å². The number of nitriles is 1. The molecule has 1 aliphatic heterocycles. The Morgan fingerprint density at radius 2 is 2.03 bits per heavy atom. The number of ether oxygens (including phenoxy) is 1. The first-order valence-electron chi connectivity index (χ1n) is 8.45. The predicted octanol–water partition coefficient (Wildman–Crippen LogP) is 2.64. The highest BCUT2D eigenvalue weighted by molar-refractivity contribution is 5.56. The number of morpholine rings is 1. The molecule has 0 bridgehead atoms. The summed E-state index contributed by atoms with van der Waals surface area (Å²) < 4.78 is 45.5. The second kappa shape index (κ2) is 10.4. The average Bonchev–Trinajstić information content (AvgIpc) is 2.70. The van der Waals surface area contributed by atoms with Gasteiger partial charge < -0.3 is 15.2 Å². The standard InChI is InChI=1S/C17H16F3N5O.CH2O2/c18-17(19,20)15-13(11-25-4-6-26-7-5-25)10-22-16(24-15)23-14-3-1-2-12(8-14)9-21;2-1-3/h1-3,8,10H,4-7,11H2,(H,22,23,24);1H,(H,2,3). The van der Waals surface area contributed by atoms with E-state index in [1.54, 1.807) is 18.2 Å². The molecule has 0 atom stereocenters. The quantitative estimate of drug-likeness (QED) is 0.742. The largest absolute Gasteiger partial charge is 0.483 e. The van der Waals surface area contributed by atoms with Crippen molar-refractivity contribution in [3.05, 3.63) is 47.3 Å². The van der Waals surface area contributed by atoms with Crippen molar-refractivity contribution in [3.63, 3.8) is 0 Å². The monoisotopic (exact) mass is 409 g/mol. The molecule has 0 saturated carbocycles. The molecule has 1 saturated heterocycles. The summed E-state index contributed by atoms with van der Waals surface area (Å²) in [4.78, 5) is 17.9. The molecule has 0 amide bonds. The molecule has 0 spiro atoms. The fraction of sp³-hybridized carbons (Fsp3) is 0.333. The summed E-state index contributed by atoms with van der Waals surface area (Å²) in [6.07, 6.45) is -3.39. The van der Waals surface area contributed by atoms with Gasteiger partial charge in [-0.25, -0.2) is 9.97 Å². The number of nitrogens with one attached hydrogen (secondary N) is 1. The molecular formula is C18H18F3N5O3. The Balaban J connectivity index is 0.000000941. The highest BCUT2D eigenvalue weighted by Gasteiger charge is 2.36. The maximum atomic E-state index is 13.4. The molecule has 154 valence electrons. The van der Waals surface area contributed by atoms with Crippen molar-refractivity contribution >= 4 is 18.1 Å². The van der Waals surface area contributed by atoms with E-state index in [0.29, 0.717) is 37.6 Å². The number of hydrogen-bond acceptors (Lipinski definition) is 7. The minimum atomic E-state index is -4.59. The molecule has 1 aromatic carbocycles. The lowest BCUT2D eigenvalue weighted by Gasteiger charge is -2.27. The number of carbonyl (C=O) groups is 1. The zero-order valence-corrected chi connectivity index (χ0v) is 15.2. The van der Waals surface area contributed by atoms with E-state index in [-0.39, 0.29) is 24.5 Å². The van der Waals surface area contributed by atoms with E-state index >= 15 is 0 Å². The number of rotatable bonds is 4. The van der Waals surface area contributed by atoms with Crippen LogP contribution < -0.4 is 5.32 Å². The molecule has 1 fully saturated rings. The third kappa shape index (κ3) is 6.70. The summed E-state index contributed by atoms with van der Waals surface area (Å²) in [5.74, 6) is -0.168. The second-order valence-corrected chi connectivity index (χ2v) is 5.88. The average molecular weight is 409 g/mol. The van der Waals surface area contributed by atoms with Gasteiger partial charge in [0.2, 0.25) is 5.95 Å². The summed E-state index contributed by atoms with van der Waals surface area (Å²) in [5.41, 5.74) is -0.109. The number of halogens is 3. The lowest BCUT2D eigenvalue weighted by atomic mass is 10.2. The van der Waals surface area contributed by atoms with Crippen LogP contribution in [0.5, 0.6) is 0 Å². The van der Waals surface area contributed by atoms with Crippen LogP contribution in [0.2, 0.25) is 0 Å². The van der Waals surface area contributed by atoms with E-state index in [4.69, 9.17) is 19.9 Å². The lowest BCUT2D eigenvalue weighted by Crippen LogP contribution is -2.36. The molecule has 2 aromatic rings. The van der Waals surface area contributed by atoms with Gasteiger partial charge in [-0.1, -0.05) is 6.07 Å². The minimum Gasteiger partial charge on any atom is -0.483 e. The normalized spacial score (nSPS) is 14.3. The Bertz CT molecular complexity index is 865. The highest BCUT2D eigenvalue weighted by atomic mass is 19.4. The minimum absolute atomic E-state index is 0.0238. The molecule has 2 N–H and O–H groups in total. The van der Waals surface area contributed by atoms with E-state index in [0.717, 1.165) is 0 Å². The first-order valence-corrected chi connectivity index (χ1v) is 8.45. The fourth-order valence-corrected chi connectivity index (χ4v) is 2.62. The first-order chi connectivity index (χ1) is 13.9. The van der Waals surface area contributed by atoms with Gasteiger partial charge in [-0.2, -0.15) is 18.4 Å². The van der Waals surface area contributed by atoms with Crippen molar-refractivity contribution in [2.45, 2.75) is 12.7 Å². The van der Waals surface area contributed by atoms with Crippen LogP contribution in [0.3, 0.4) is 0 Å². The van der Waals surface area contributed by atoms with Crippen LogP contribution in [0.15, 0.2) is 30.5 Å². The summed E-state index contributed by atoms with van der Waals surface area (Å²) in [6.45, 7) is 1.99. The number of alkyl halides is 3. The SMILES string of the molecule is N#Cc1cccc(Nc2ncc(CN3CCOCC3)c(C(F)(F)F)n2)c1.O=CO. The zero-order chi connectivity index (χ0) is 21.3. The number of aromatic nitrogens is 2. The molecule has 0 aliphatic carbocycles. The third-order valence-corrected chi connectivity index (χ3v) is 3.88. The van der Waals surface area contributed by atoms with Crippen molar-refractivity contribution in [1.82, 2.24) is 14.9 Å². The van der Waals surface area contributed by atoms with Gasteiger partial charge in [0, 0.05) is 37.1 Å². The fourth-order valence-electron chi connectivity index (χ4n) is 2.62. The van der Waals surface area contributed by atoms with E-state index < -0.39 is 11.9 Å². The van der Waals surface area contributed by atoms with E-state index in [1.165, 1.54) is 12.3 Å². The van der Waals surface area contributed by atoms with Crippen molar-refractivity contribution < 1.29 is 27.8 Å². The summed E-state index contributed by atoms with van der Waals surface area (Å²) in [5, 5.41) is 18.5. The van der Waals surface area contributed by atoms with Gasteiger partial charge in [0.15, 0.2) is 5.69 Å². The maximum absolute atomic E-state index is 13.4. The first kappa shape index (κ1) is 22.1. The van der Waals surface area contributed by atoms with Crippen molar-refractivity contribution in [2.24, 2.45) is 0 Å². The summed E-state index contributed by atoms with van der Waals surface area (Å²) >= 11 is 0. The maximum Gasteiger partial charge on any atom is 0.433 e. The third-order valence-electron chi connectivity index (χ3n) is 3.88. The highest BCUT2D eigenvalue weighted by Crippen LogP contribution is 2.32. The molecule has 11 heteroatoms. The van der Waals surface area contributed by atoms with Crippen LogP contribution in [0.1, 0.15) is 16.8 Å². The number of anilines is 2. The molecule has 0 radical (unpaired) electrons. The molecule has 1 aromatic heterocycles. The smallest absolute Gasteiger partial charge is 0.433 e. The van der Waals surface area contributed by atoms with Gasteiger partial charge >= 0.3 is 6.18 Å². The molecular weight excluding hydrogens is 391 g/mol. The predicted molar refractivity (Wildman–Crippen MR) is 96.3 cm³/mol. The lowest BCUT2D eigenvalue weighted by molar-refractivity contribution is -0.142. The van der Waals surface area contributed by atoms with Gasteiger partial charge in [-0.15, -0.1) is 0 Å². The van der Waals surface area contributed by atoms with Gasteiger partial charge in [-0.05, 0) is 18.2 Å². The van der Waals surface area contributed by atoms with Crippen LogP contribution in [-0.4, -0.2) is 52.7 Å². The zero-order valence-electron chi connectivity index (χ0n) is 15.2. The Labute approximate surface area is 164 Å². The summed E-state index contributed by atoms with van der Waals surface area (Å²) in [7, 11) is 0. The van der Waals surface area contributed by atoms with Crippen molar-refractivity contribution in [1.29, 1.82) is 5.26 Å². The molecule has 29 heavy (non-hydrogen) atoms. The van der Waals surface area contributed by atoms with Crippen molar-refractivity contribution in [3.8, 4) is 6.07 Å². The molecule has 8 nitrogen and oxygen atoms in total. The summed E-state index contributed by atoms with van der Waals surface area (Å²) in [6, 6.07) is 8.32. The Morgan fingerprint density at radius 1 is 1.34 bits per heavy atom. The van der Waals surface area contributed by atoms with Crippen LogP contribution in [0.4, 0.5) is 24.8 Å². The Hall–Kier alpha value is -3.23. The van der Waals surface area contributed by atoms with Gasteiger partial charge in [-0.3, -0.25) is 9.69 Å². The number of nitrogens with zero attached hydrogens (tertiary/aromatic N) is 4. The van der Waals surface area contributed by atoms with Crippen LogP contribution in [0.25, 0.3) is 0 Å². The number of carboxylic acid groups (broad SMARTS) is 1. The number of benzene rings is 1. The van der Waals surface area contributed by atoms with Gasteiger partial charge in [0.25, 0.3) is 6.47 Å². The molecule has 2 heterocycles. The molecule has 0 unspecified atom stereocenters. The topological polar surface area (TPSA) is 111 Å². The Kier molecular flexibility index (Phi) is 7.88. The van der Waals surface area contributed by atoms with Gasteiger partial charge in [0.1, 0.15) is 0 Å². The second-order valence-electron chi connectivity index (χ2n) is 5.88. The molecule has 1 aliphatic rings. The van der Waals surface area contributed by atoms with E-state index in [9.17, 15) is 13.2 Å². The van der Waals surface area contributed by atoms with Crippen molar-refractivity contribution in [2.75, 3.05) is 31.6 Å². The van der Waals surface area contributed by atoms with E-state index in [1.807, 2.05) is 11.0 Å². The van der Waals surface area contributed by atoms with Gasteiger partial charge in [0.05, 0.1) is 24.8 Å². The number of hydrogen-bond donors (Lipinski definition) is 2. The van der Waals surface area contributed by atoms with Crippen LogP contribution in [0, 0.1) is 11.3 Å².